The molecule has 2 aromatic heterocycles. The highest BCUT2D eigenvalue weighted by molar-refractivity contribution is 5.89. The summed E-state index contributed by atoms with van der Waals surface area (Å²) in [5.74, 6) is 0.418. The third kappa shape index (κ3) is 4.60. The van der Waals surface area contributed by atoms with Crippen LogP contribution in [0.1, 0.15) is 47.7 Å². The molecule has 2 amide bonds. The topological polar surface area (TPSA) is 88.1 Å². The number of nitrogens with one attached hydrogen (secondary N) is 1. The van der Waals surface area contributed by atoms with E-state index in [0.717, 1.165) is 30.1 Å². The SMILES string of the molecule is Cc1nc(CCNC(=O)C2CC(=O)N(Cc3ccccn3)C2)nc2c1CCCC2. The minimum Gasteiger partial charge on any atom is -0.355 e. The molecule has 4 rings (SSSR count). The predicted octanol–water partition coefficient (Wildman–Crippen LogP) is 1.77. The Balaban J connectivity index is 1.28. The number of pyridine rings is 1. The van der Waals surface area contributed by atoms with Crippen molar-refractivity contribution in [2.45, 2.75) is 52.0 Å². The van der Waals surface area contributed by atoms with Gasteiger partial charge in [0.1, 0.15) is 5.82 Å². The van der Waals surface area contributed by atoms with Crippen LogP contribution in [0.3, 0.4) is 0 Å². The fourth-order valence-corrected chi connectivity index (χ4v) is 4.19. The molecule has 152 valence electrons. The zero-order valence-electron chi connectivity index (χ0n) is 16.9. The largest absolute Gasteiger partial charge is 0.355 e. The van der Waals surface area contributed by atoms with Gasteiger partial charge in [0.2, 0.25) is 11.8 Å². The van der Waals surface area contributed by atoms with Gasteiger partial charge in [-0.25, -0.2) is 9.97 Å². The van der Waals surface area contributed by atoms with Gasteiger partial charge in [-0.15, -0.1) is 0 Å². The van der Waals surface area contributed by atoms with Gasteiger partial charge in [0, 0.05) is 43.5 Å². The van der Waals surface area contributed by atoms with Crippen LogP contribution >= 0.6 is 0 Å². The molecule has 1 unspecified atom stereocenters. The standard InChI is InChI=1S/C22H27N5O2/c1-15-18-7-2-3-8-19(18)26-20(25-15)9-11-24-22(29)16-12-21(28)27(13-16)14-17-6-4-5-10-23-17/h4-6,10,16H,2-3,7-9,11-14H2,1H3,(H,24,29). The van der Waals surface area contributed by atoms with Gasteiger partial charge in [0.05, 0.1) is 18.2 Å². The van der Waals surface area contributed by atoms with Crippen molar-refractivity contribution in [2.24, 2.45) is 5.92 Å². The molecule has 1 aliphatic heterocycles. The van der Waals surface area contributed by atoms with E-state index in [-0.39, 0.29) is 24.2 Å². The quantitative estimate of drug-likeness (QED) is 0.808. The van der Waals surface area contributed by atoms with Crippen LogP contribution in [0.15, 0.2) is 24.4 Å². The zero-order chi connectivity index (χ0) is 20.2. The van der Waals surface area contributed by atoms with Crippen molar-refractivity contribution in [1.82, 2.24) is 25.2 Å². The summed E-state index contributed by atoms with van der Waals surface area (Å²) < 4.78 is 0. The van der Waals surface area contributed by atoms with Crippen molar-refractivity contribution >= 4 is 11.8 Å². The summed E-state index contributed by atoms with van der Waals surface area (Å²) in [4.78, 5) is 40.1. The molecule has 0 spiro atoms. The van der Waals surface area contributed by atoms with Crippen molar-refractivity contribution in [1.29, 1.82) is 0 Å². The molecule has 1 fully saturated rings. The Morgan fingerprint density at radius 1 is 1.24 bits per heavy atom. The van der Waals surface area contributed by atoms with Gasteiger partial charge in [0.15, 0.2) is 0 Å². The molecule has 1 saturated heterocycles. The lowest BCUT2D eigenvalue weighted by molar-refractivity contribution is -0.129. The second-order valence-corrected chi connectivity index (χ2v) is 7.90. The van der Waals surface area contributed by atoms with Crippen molar-refractivity contribution < 1.29 is 9.59 Å². The lowest BCUT2D eigenvalue weighted by Gasteiger charge is -2.18. The fourth-order valence-electron chi connectivity index (χ4n) is 4.19. The van der Waals surface area contributed by atoms with Gasteiger partial charge in [-0.2, -0.15) is 0 Å². The number of fused-ring (bicyclic) bond motifs is 1. The van der Waals surface area contributed by atoms with Gasteiger partial charge in [-0.3, -0.25) is 14.6 Å². The van der Waals surface area contributed by atoms with E-state index < -0.39 is 0 Å². The van der Waals surface area contributed by atoms with Gasteiger partial charge >= 0.3 is 0 Å². The molecule has 0 radical (unpaired) electrons. The number of amides is 2. The van der Waals surface area contributed by atoms with Crippen molar-refractivity contribution in [3.8, 4) is 0 Å². The van der Waals surface area contributed by atoms with E-state index in [2.05, 4.69) is 15.3 Å². The van der Waals surface area contributed by atoms with Crippen LogP contribution in [-0.2, 0) is 35.4 Å². The smallest absolute Gasteiger partial charge is 0.225 e. The van der Waals surface area contributed by atoms with E-state index >= 15 is 0 Å². The molecule has 29 heavy (non-hydrogen) atoms. The van der Waals surface area contributed by atoms with Crippen LogP contribution in [0.2, 0.25) is 0 Å². The van der Waals surface area contributed by atoms with E-state index in [9.17, 15) is 9.59 Å². The highest BCUT2D eigenvalue weighted by Crippen LogP contribution is 2.22. The van der Waals surface area contributed by atoms with Gasteiger partial charge < -0.3 is 10.2 Å². The molecule has 1 atom stereocenters. The Bertz CT molecular complexity index is 900. The molecule has 0 bridgehead atoms. The lowest BCUT2D eigenvalue weighted by atomic mass is 9.95. The number of rotatable bonds is 6. The van der Waals surface area contributed by atoms with Gasteiger partial charge in [-0.05, 0) is 50.3 Å². The summed E-state index contributed by atoms with van der Waals surface area (Å²) in [5, 5.41) is 2.96. The highest BCUT2D eigenvalue weighted by Gasteiger charge is 2.34. The second kappa shape index (κ2) is 8.68. The Morgan fingerprint density at radius 3 is 2.93 bits per heavy atom. The number of aryl methyl sites for hydroxylation is 2. The maximum Gasteiger partial charge on any atom is 0.225 e. The summed E-state index contributed by atoms with van der Waals surface area (Å²) in [6.07, 6.45) is 7.07. The summed E-state index contributed by atoms with van der Waals surface area (Å²) in [6.45, 7) is 3.43. The molecule has 3 heterocycles. The molecule has 2 aliphatic rings. The number of carbonyl (C=O) groups is 2. The highest BCUT2D eigenvalue weighted by atomic mass is 16.2. The fraction of sp³-hybridized carbons (Fsp3) is 0.500. The lowest BCUT2D eigenvalue weighted by Crippen LogP contribution is -2.34. The van der Waals surface area contributed by atoms with Crippen molar-refractivity contribution in [2.75, 3.05) is 13.1 Å². The first-order valence-electron chi connectivity index (χ1n) is 10.4. The number of carbonyl (C=O) groups excluding carboxylic acids is 2. The van der Waals surface area contributed by atoms with Crippen LogP contribution in [-0.4, -0.2) is 44.8 Å². The average molecular weight is 393 g/mol. The molecule has 7 nitrogen and oxygen atoms in total. The molecule has 0 saturated carbocycles. The van der Waals surface area contributed by atoms with Gasteiger partial charge in [-0.1, -0.05) is 6.07 Å². The molecular weight excluding hydrogens is 366 g/mol. The maximum atomic E-state index is 12.5. The normalized spacial score (nSPS) is 18.6. The van der Waals surface area contributed by atoms with Crippen LogP contribution in [0, 0.1) is 12.8 Å². The molecule has 7 heteroatoms. The van der Waals surface area contributed by atoms with Crippen LogP contribution in [0.5, 0.6) is 0 Å². The first kappa shape index (κ1) is 19.5. The van der Waals surface area contributed by atoms with E-state index in [0.29, 0.717) is 26.1 Å². The predicted molar refractivity (Wildman–Crippen MR) is 108 cm³/mol. The minimum atomic E-state index is -0.308. The molecule has 1 N–H and O–H groups in total. The van der Waals surface area contributed by atoms with E-state index in [1.807, 2.05) is 25.1 Å². The maximum absolute atomic E-state index is 12.5. The third-order valence-corrected chi connectivity index (χ3v) is 5.75. The first-order chi connectivity index (χ1) is 14.1. The molecule has 2 aromatic rings. The zero-order valence-corrected chi connectivity index (χ0v) is 16.9. The summed E-state index contributed by atoms with van der Waals surface area (Å²) in [7, 11) is 0. The summed E-state index contributed by atoms with van der Waals surface area (Å²) >= 11 is 0. The summed E-state index contributed by atoms with van der Waals surface area (Å²) in [6, 6.07) is 5.64. The van der Waals surface area contributed by atoms with Gasteiger partial charge in [0.25, 0.3) is 0 Å². The molecular formula is C22H27N5O2. The third-order valence-electron chi connectivity index (χ3n) is 5.75. The number of hydrogen-bond acceptors (Lipinski definition) is 5. The Labute approximate surface area is 171 Å². The number of nitrogens with zero attached hydrogens (tertiary/aromatic N) is 4. The number of hydrogen-bond donors (Lipinski definition) is 1. The van der Waals surface area contributed by atoms with Crippen LogP contribution in [0.25, 0.3) is 0 Å². The Hall–Kier alpha value is -2.83. The Morgan fingerprint density at radius 2 is 2.10 bits per heavy atom. The second-order valence-electron chi connectivity index (χ2n) is 7.90. The van der Waals surface area contributed by atoms with E-state index in [4.69, 9.17) is 4.98 Å². The van der Waals surface area contributed by atoms with Crippen LogP contribution < -0.4 is 5.32 Å². The first-order valence-corrected chi connectivity index (χ1v) is 10.4. The summed E-state index contributed by atoms with van der Waals surface area (Å²) in [5.41, 5.74) is 4.39. The molecule has 1 aliphatic carbocycles. The monoisotopic (exact) mass is 393 g/mol. The number of likely N-dealkylation sites (tertiary alicyclic amines) is 1. The minimum absolute atomic E-state index is 0.00412. The number of aromatic nitrogens is 3. The average Bonchev–Trinajstić information content (AvgIpc) is 3.09. The molecule has 0 aromatic carbocycles. The van der Waals surface area contributed by atoms with Crippen molar-refractivity contribution in [3.05, 3.63) is 52.9 Å². The Kier molecular flexibility index (Phi) is 5.83. The van der Waals surface area contributed by atoms with E-state index in [1.165, 1.54) is 24.1 Å². The van der Waals surface area contributed by atoms with Crippen molar-refractivity contribution in [3.63, 3.8) is 0 Å². The van der Waals surface area contributed by atoms with Crippen LogP contribution in [0.4, 0.5) is 0 Å². The van der Waals surface area contributed by atoms with E-state index in [1.54, 1.807) is 11.1 Å².